The Balaban J connectivity index is 1.52. The van der Waals surface area contributed by atoms with E-state index in [0.717, 1.165) is 29.3 Å². The van der Waals surface area contributed by atoms with E-state index in [-0.39, 0.29) is 0 Å². The molecule has 0 radical (unpaired) electrons. The van der Waals surface area contributed by atoms with E-state index in [2.05, 4.69) is 43.6 Å². The molecule has 3 aromatic heterocycles. The van der Waals surface area contributed by atoms with Crippen LogP contribution in [0.4, 0.5) is 0 Å². The Morgan fingerprint density at radius 2 is 1.78 bits per heavy atom. The van der Waals surface area contributed by atoms with Crippen LogP contribution in [0.3, 0.4) is 0 Å². The van der Waals surface area contributed by atoms with Crippen LogP contribution in [0, 0.1) is 0 Å². The summed E-state index contributed by atoms with van der Waals surface area (Å²) >= 11 is 0. The number of hydrogen-bond donors (Lipinski definition) is 0. The molecule has 7 nitrogen and oxygen atoms in total. The maximum Gasteiger partial charge on any atom is 0.165 e. The molecule has 0 saturated heterocycles. The Hall–Kier alpha value is -3.32. The molecule has 4 aromatic rings. The highest BCUT2D eigenvalue weighted by molar-refractivity contribution is 5.15. The van der Waals surface area contributed by atoms with Crippen LogP contribution in [0.1, 0.15) is 22.7 Å². The number of aromatic nitrogens is 5. The minimum Gasteiger partial charge on any atom is -0.468 e. The fourth-order valence-electron chi connectivity index (χ4n) is 2.96. The van der Waals surface area contributed by atoms with E-state index < -0.39 is 0 Å². The normalized spacial score (nSPS) is 11.1. The van der Waals surface area contributed by atoms with Crippen LogP contribution < -0.4 is 0 Å². The number of nitrogens with zero attached hydrogens (tertiary/aromatic N) is 6. The lowest BCUT2D eigenvalue weighted by Crippen LogP contribution is -2.24. The lowest BCUT2D eigenvalue weighted by Gasteiger charge is -2.20. The van der Waals surface area contributed by atoms with E-state index in [4.69, 9.17) is 4.42 Å². The van der Waals surface area contributed by atoms with Crippen molar-refractivity contribution < 1.29 is 4.42 Å². The first-order chi connectivity index (χ1) is 13.4. The van der Waals surface area contributed by atoms with Crippen LogP contribution in [0.5, 0.6) is 0 Å². The van der Waals surface area contributed by atoms with Gasteiger partial charge in [-0.3, -0.25) is 9.88 Å². The Morgan fingerprint density at radius 3 is 2.56 bits per heavy atom. The average Bonchev–Trinajstić information content (AvgIpc) is 3.36. The van der Waals surface area contributed by atoms with Gasteiger partial charge in [0.2, 0.25) is 0 Å². The maximum absolute atomic E-state index is 5.53. The second-order valence-electron chi connectivity index (χ2n) is 6.32. The predicted molar refractivity (Wildman–Crippen MR) is 99.3 cm³/mol. The Labute approximate surface area is 157 Å². The zero-order chi connectivity index (χ0) is 18.3. The highest BCUT2D eigenvalue weighted by atomic mass is 16.3. The van der Waals surface area contributed by atoms with Gasteiger partial charge in [0.15, 0.2) is 5.82 Å². The zero-order valence-corrected chi connectivity index (χ0v) is 14.8. The minimum absolute atomic E-state index is 0.607. The lowest BCUT2D eigenvalue weighted by molar-refractivity contribution is 0.217. The average molecular weight is 360 g/mol. The summed E-state index contributed by atoms with van der Waals surface area (Å²) in [4.78, 5) is 6.45. The van der Waals surface area contributed by atoms with Crippen LogP contribution in [0.2, 0.25) is 0 Å². The van der Waals surface area contributed by atoms with Crippen molar-refractivity contribution in [2.24, 2.45) is 0 Å². The number of furan rings is 1. The molecule has 0 amide bonds. The van der Waals surface area contributed by atoms with Gasteiger partial charge in [-0.1, -0.05) is 36.4 Å². The molecule has 7 heteroatoms. The summed E-state index contributed by atoms with van der Waals surface area (Å²) in [5.74, 6) is 1.72. The van der Waals surface area contributed by atoms with Gasteiger partial charge in [0.1, 0.15) is 5.76 Å². The summed E-state index contributed by atoms with van der Waals surface area (Å²) in [5, 5.41) is 12.3. The molecular weight excluding hydrogens is 340 g/mol. The van der Waals surface area contributed by atoms with Crippen molar-refractivity contribution in [1.29, 1.82) is 0 Å². The van der Waals surface area contributed by atoms with Gasteiger partial charge in [-0.15, -0.1) is 5.10 Å². The van der Waals surface area contributed by atoms with E-state index in [0.29, 0.717) is 19.6 Å². The topological polar surface area (TPSA) is 72.9 Å². The third-order valence-corrected chi connectivity index (χ3v) is 4.23. The molecule has 136 valence electrons. The van der Waals surface area contributed by atoms with Crippen molar-refractivity contribution in [3.8, 4) is 0 Å². The highest BCUT2D eigenvalue weighted by Gasteiger charge is 2.15. The van der Waals surface area contributed by atoms with E-state index in [9.17, 15) is 0 Å². The minimum atomic E-state index is 0.607. The molecule has 0 bridgehead atoms. The summed E-state index contributed by atoms with van der Waals surface area (Å²) < 4.78 is 7.37. The smallest absolute Gasteiger partial charge is 0.165 e. The van der Waals surface area contributed by atoms with Crippen LogP contribution in [0.25, 0.3) is 0 Å². The summed E-state index contributed by atoms with van der Waals surface area (Å²) in [7, 11) is 0. The molecule has 0 aliphatic rings. The van der Waals surface area contributed by atoms with Crippen molar-refractivity contribution in [3.05, 3.63) is 96.0 Å². The van der Waals surface area contributed by atoms with Crippen molar-refractivity contribution in [2.75, 3.05) is 0 Å². The lowest BCUT2D eigenvalue weighted by atomic mass is 10.2. The monoisotopic (exact) mass is 360 g/mol. The van der Waals surface area contributed by atoms with E-state index in [1.807, 2.05) is 47.3 Å². The Morgan fingerprint density at radius 1 is 0.889 bits per heavy atom. The van der Waals surface area contributed by atoms with E-state index in [1.165, 1.54) is 0 Å². The molecule has 4 rings (SSSR count). The molecule has 0 aliphatic heterocycles. The molecule has 0 fully saturated rings. The standard InChI is InChI=1S/C20H20N6O/c1-2-6-17(7-3-1)14-26-20(22-23-24-26)16-25(15-19-9-5-11-27-19)13-18-8-4-10-21-12-18/h1-12H,13-16H2. The molecule has 0 N–H and O–H groups in total. The summed E-state index contributed by atoms with van der Waals surface area (Å²) in [5.41, 5.74) is 2.29. The van der Waals surface area contributed by atoms with Gasteiger partial charge in [-0.25, -0.2) is 4.68 Å². The van der Waals surface area contributed by atoms with Gasteiger partial charge in [-0.2, -0.15) is 0 Å². The molecule has 27 heavy (non-hydrogen) atoms. The fraction of sp³-hybridized carbons (Fsp3) is 0.200. The first-order valence-electron chi connectivity index (χ1n) is 8.79. The first-order valence-corrected chi connectivity index (χ1v) is 8.79. The van der Waals surface area contributed by atoms with Gasteiger partial charge in [0.25, 0.3) is 0 Å². The number of tetrazole rings is 1. The Kier molecular flexibility index (Phi) is 5.31. The van der Waals surface area contributed by atoms with Crippen molar-refractivity contribution >= 4 is 0 Å². The molecule has 0 spiro atoms. The number of hydrogen-bond acceptors (Lipinski definition) is 6. The van der Waals surface area contributed by atoms with Crippen molar-refractivity contribution in [2.45, 2.75) is 26.2 Å². The highest BCUT2D eigenvalue weighted by Crippen LogP contribution is 2.13. The van der Waals surface area contributed by atoms with Crippen molar-refractivity contribution in [1.82, 2.24) is 30.1 Å². The van der Waals surface area contributed by atoms with Crippen molar-refractivity contribution in [3.63, 3.8) is 0 Å². The number of benzene rings is 1. The second kappa shape index (κ2) is 8.37. The summed E-state index contributed by atoms with van der Waals surface area (Å²) in [6.45, 7) is 2.65. The Bertz CT molecular complexity index is 937. The SMILES string of the molecule is c1ccc(Cn2nnnc2CN(Cc2cccnc2)Cc2ccco2)cc1. The van der Waals surface area contributed by atoms with Crippen LogP contribution in [-0.4, -0.2) is 30.1 Å². The summed E-state index contributed by atoms with van der Waals surface area (Å²) in [6.07, 6.45) is 5.35. The zero-order valence-electron chi connectivity index (χ0n) is 14.8. The fourth-order valence-corrected chi connectivity index (χ4v) is 2.96. The molecule has 0 unspecified atom stereocenters. The molecule has 1 aromatic carbocycles. The quantitative estimate of drug-likeness (QED) is 0.481. The van der Waals surface area contributed by atoms with E-state index >= 15 is 0 Å². The second-order valence-corrected chi connectivity index (χ2v) is 6.32. The van der Waals surface area contributed by atoms with Gasteiger partial charge >= 0.3 is 0 Å². The third kappa shape index (κ3) is 4.65. The molecule has 3 heterocycles. The number of rotatable bonds is 8. The maximum atomic E-state index is 5.53. The van der Waals surface area contributed by atoms with Crippen LogP contribution >= 0.6 is 0 Å². The van der Waals surface area contributed by atoms with Crippen LogP contribution in [-0.2, 0) is 26.2 Å². The molecular formula is C20H20N6O. The molecule has 0 atom stereocenters. The number of pyridine rings is 1. The van der Waals surface area contributed by atoms with Gasteiger partial charge < -0.3 is 4.42 Å². The predicted octanol–water partition coefficient (Wildman–Crippen LogP) is 2.91. The van der Waals surface area contributed by atoms with Gasteiger partial charge in [-0.05, 0) is 39.8 Å². The third-order valence-electron chi connectivity index (χ3n) is 4.23. The van der Waals surface area contributed by atoms with E-state index in [1.54, 1.807) is 12.5 Å². The van der Waals surface area contributed by atoms with Gasteiger partial charge in [0.05, 0.1) is 25.9 Å². The molecule has 0 aliphatic carbocycles. The van der Waals surface area contributed by atoms with Gasteiger partial charge in [0, 0.05) is 18.9 Å². The largest absolute Gasteiger partial charge is 0.468 e. The molecule has 0 saturated carbocycles. The first kappa shape index (κ1) is 17.1. The summed E-state index contributed by atoms with van der Waals surface area (Å²) in [6, 6.07) is 18.1. The van der Waals surface area contributed by atoms with Crippen LogP contribution in [0.15, 0.2) is 77.7 Å².